The fourth-order valence-electron chi connectivity index (χ4n) is 13.5. The fraction of sp³-hybridized carbons (Fsp3) is 0.418. The summed E-state index contributed by atoms with van der Waals surface area (Å²) in [6, 6.07) is 14.0. The largest absolute Gasteiger partial charge is 0.378 e. The maximum Gasteiger partial charge on any atom is 0.276 e. The van der Waals surface area contributed by atoms with Gasteiger partial charge in [-0.15, -0.1) is 0 Å². The van der Waals surface area contributed by atoms with E-state index in [0.717, 1.165) is 57.1 Å². The van der Waals surface area contributed by atoms with Crippen LogP contribution in [0.25, 0.3) is 11.1 Å². The van der Waals surface area contributed by atoms with Crippen molar-refractivity contribution in [2.45, 2.75) is 94.3 Å². The number of piperazine rings is 1. The molecule has 2 saturated heterocycles. The number of nitrogens with zero attached hydrogens (tertiary/aromatic N) is 10. The number of pyridine rings is 4. The van der Waals surface area contributed by atoms with E-state index >= 15 is 0 Å². The Morgan fingerprint density at radius 1 is 0.712 bits per heavy atom. The minimum Gasteiger partial charge on any atom is -0.378 e. The number of rotatable bonds is 9. The Hall–Kier alpha value is -6.95. The molecule has 2 amide bonds. The number of halogens is 1. The summed E-state index contributed by atoms with van der Waals surface area (Å²) in [5.74, 6) is 3.38. The van der Waals surface area contributed by atoms with E-state index in [0.29, 0.717) is 112 Å². The second-order valence-corrected chi connectivity index (χ2v) is 21.5. The van der Waals surface area contributed by atoms with Gasteiger partial charge in [-0.1, -0.05) is 11.6 Å². The number of aromatic nitrogens is 6. The first-order chi connectivity index (χ1) is 35.6. The standard InChI is InChI=1S/C37H40N8O4.C18H16ClN3O2/c1-22-17-42(27-20-49-21-27)9-10-43(22)26-5-6-33(39-16-26)40-31-14-25(18-41(2)36(31)47)28-7-8-38-35(30(28)19-46)45-12-11-44-32(37(45)48)15-29-23-3-4-24(13-23)34(29)44;19-14-3-4-20-17(13(14)9-23)22-6-5-21-15(18(22)24)8-12-10-1-2-11(7-10)16(12)21/h5-8,14-16,18-19,22-24,27H,3-4,9-13,17,20-21H2,1-2H3,(H,39,40);3-4,8-11H,1-2,5-7H2/t22-,23-,24+;10-,11+/m00/s1. The van der Waals surface area contributed by atoms with Gasteiger partial charge in [0.2, 0.25) is 0 Å². The van der Waals surface area contributed by atoms with Crippen molar-refractivity contribution in [3.63, 3.8) is 0 Å². The second-order valence-electron chi connectivity index (χ2n) is 21.0. The van der Waals surface area contributed by atoms with Gasteiger partial charge in [0.25, 0.3) is 17.4 Å². The number of carbonyl (C=O) groups is 4. The van der Waals surface area contributed by atoms with Crippen molar-refractivity contribution < 1.29 is 23.9 Å². The van der Waals surface area contributed by atoms with Gasteiger partial charge in [0.15, 0.2) is 12.6 Å². The van der Waals surface area contributed by atoms with Crippen molar-refractivity contribution in [2.75, 3.05) is 66.0 Å². The first kappa shape index (κ1) is 45.9. The van der Waals surface area contributed by atoms with Gasteiger partial charge >= 0.3 is 0 Å². The second kappa shape index (κ2) is 17.9. The van der Waals surface area contributed by atoms with Crippen molar-refractivity contribution in [1.29, 1.82) is 0 Å². The van der Waals surface area contributed by atoms with Crippen LogP contribution in [-0.2, 0) is 24.9 Å². The number of anilines is 5. The van der Waals surface area contributed by atoms with E-state index in [4.69, 9.17) is 16.3 Å². The molecule has 2 saturated carbocycles. The molecule has 0 radical (unpaired) electrons. The Morgan fingerprint density at radius 2 is 1.33 bits per heavy atom. The van der Waals surface area contributed by atoms with E-state index in [2.05, 4.69) is 58.3 Å². The van der Waals surface area contributed by atoms with Crippen LogP contribution in [0, 0.1) is 0 Å². The molecule has 0 aromatic carbocycles. The summed E-state index contributed by atoms with van der Waals surface area (Å²) in [5, 5.41) is 3.53. The average Bonchev–Trinajstić information content (AvgIpc) is 4.26. The van der Waals surface area contributed by atoms with Gasteiger partial charge in [-0.25, -0.2) is 15.0 Å². The topological polar surface area (TPSA) is 173 Å². The Morgan fingerprint density at radius 3 is 1.90 bits per heavy atom. The quantitative estimate of drug-likeness (QED) is 0.142. The zero-order valence-corrected chi connectivity index (χ0v) is 41.6. The molecular weight excluding hydrogens is 946 g/mol. The SMILES string of the molecule is C[C@H]1CN(C2COC2)CCN1c1ccc(Nc2cc(-c3ccnc(N4CCn5c(cc6c5[C@@H]5CC[C@H]6C5)C4=O)c3C=O)cn(C)c2=O)nc1.O=Cc1c(Cl)ccnc1N1CCn2c(cc3c2[C@@H]2CC[C@H]3C2)C1=O. The fourth-order valence-corrected chi connectivity index (χ4v) is 13.7. The van der Waals surface area contributed by atoms with Gasteiger partial charge in [0.05, 0.1) is 47.3 Å². The van der Waals surface area contributed by atoms with Crippen molar-refractivity contribution in [2.24, 2.45) is 7.05 Å². The lowest BCUT2D eigenvalue weighted by Gasteiger charge is -2.46. The molecule has 18 heteroatoms. The first-order valence-electron chi connectivity index (χ1n) is 25.7. The number of carbonyl (C=O) groups excluding carboxylic acids is 4. The Labute approximate surface area is 426 Å². The van der Waals surface area contributed by atoms with Gasteiger partial charge < -0.3 is 28.7 Å². The molecular formula is C55H56ClN11O6. The maximum atomic E-state index is 13.9. The van der Waals surface area contributed by atoms with Crippen LogP contribution >= 0.6 is 11.6 Å². The molecule has 5 atom stereocenters. The highest BCUT2D eigenvalue weighted by molar-refractivity contribution is 6.33. The van der Waals surface area contributed by atoms with E-state index < -0.39 is 0 Å². The average molecular weight is 1000 g/mol. The predicted molar refractivity (Wildman–Crippen MR) is 276 cm³/mol. The van der Waals surface area contributed by atoms with E-state index in [1.807, 2.05) is 18.3 Å². The van der Waals surface area contributed by atoms with Crippen molar-refractivity contribution >= 4 is 64.8 Å². The van der Waals surface area contributed by atoms with Gasteiger partial charge in [-0.05, 0) is 116 Å². The minimum absolute atomic E-state index is 0.0899. The third-order valence-electron chi connectivity index (χ3n) is 17.1. The lowest BCUT2D eigenvalue weighted by molar-refractivity contribution is -0.0691. The highest BCUT2D eigenvalue weighted by Gasteiger charge is 2.45. The van der Waals surface area contributed by atoms with Crippen LogP contribution in [0.15, 0.2) is 72.0 Å². The summed E-state index contributed by atoms with van der Waals surface area (Å²) in [5.41, 5.74) is 9.82. The van der Waals surface area contributed by atoms with Gasteiger partial charge in [-0.3, -0.25) is 38.7 Å². The zero-order valence-electron chi connectivity index (χ0n) is 40.9. The molecule has 14 rings (SSSR count). The highest BCUT2D eigenvalue weighted by atomic mass is 35.5. The van der Waals surface area contributed by atoms with Gasteiger partial charge in [-0.2, -0.15) is 0 Å². The zero-order chi connectivity index (χ0) is 49.8. The summed E-state index contributed by atoms with van der Waals surface area (Å²) in [7, 11) is 1.68. The molecule has 4 bridgehead atoms. The molecule has 17 nitrogen and oxygen atoms in total. The normalized spacial score (nSPS) is 23.7. The smallest absolute Gasteiger partial charge is 0.276 e. The van der Waals surface area contributed by atoms with E-state index in [9.17, 15) is 24.0 Å². The molecule has 10 heterocycles. The number of hydrogen-bond donors (Lipinski definition) is 1. The van der Waals surface area contributed by atoms with Crippen molar-refractivity contribution in [1.82, 2.24) is 33.6 Å². The van der Waals surface area contributed by atoms with Gasteiger partial charge in [0, 0.05) is 106 Å². The molecule has 0 unspecified atom stereocenters. The van der Waals surface area contributed by atoms with Crippen molar-refractivity contribution in [3.05, 3.63) is 128 Å². The number of nitrogens with one attached hydrogen (secondary N) is 1. The Balaban J connectivity index is 0.000000179. The minimum atomic E-state index is -0.227. The number of ether oxygens (including phenoxy) is 1. The molecule has 1 N–H and O–H groups in total. The van der Waals surface area contributed by atoms with Crippen LogP contribution in [0.4, 0.5) is 28.8 Å². The van der Waals surface area contributed by atoms with Crippen LogP contribution in [0.5, 0.6) is 0 Å². The van der Waals surface area contributed by atoms with Crippen LogP contribution < -0.4 is 25.6 Å². The molecule has 374 valence electrons. The molecule has 4 fully saturated rings. The lowest BCUT2D eigenvalue weighted by atomic mass is 9.98. The predicted octanol–water partition coefficient (Wildman–Crippen LogP) is 7.51. The number of aryl methyl sites for hydroxylation is 1. The number of fused-ring (bicyclic) bond motifs is 14. The molecule has 8 aliphatic rings. The highest BCUT2D eigenvalue weighted by Crippen LogP contribution is 2.56. The summed E-state index contributed by atoms with van der Waals surface area (Å²) in [6.07, 6.45) is 15.5. The summed E-state index contributed by atoms with van der Waals surface area (Å²) < 4.78 is 11.3. The van der Waals surface area contributed by atoms with E-state index in [1.165, 1.54) is 71.8 Å². The molecule has 6 aromatic heterocycles. The number of aldehydes is 2. The molecule has 4 aliphatic carbocycles. The summed E-state index contributed by atoms with van der Waals surface area (Å²) in [6.45, 7) is 9.14. The Bertz CT molecular complexity index is 3320. The maximum absolute atomic E-state index is 13.9. The molecule has 6 aromatic rings. The molecule has 4 aliphatic heterocycles. The van der Waals surface area contributed by atoms with Crippen molar-refractivity contribution in [3.8, 4) is 11.1 Å². The van der Waals surface area contributed by atoms with Crippen LogP contribution in [0.2, 0.25) is 5.02 Å². The summed E-state index contributed by atoms with van der Waals surface area (Å²) in [4.78, 5) is 85.9. The number of hydrogen-bond acceptors (Lipinski definition) is 12. The lowest BCUT2D eigenvalue weighted by Crippen LogP contribution is -2.59. The van der Waals surface area contributed by atoms with Crippen LogP contribution in [-0.4, -0.2) is 116 Å². The first-order valence-corrected chi connectivity index (χ1v) is 26.1. The third-order valence-corrected chi connectivity index (χ3v) is 17.5. The monoisotopic (exact) mass is 1000 g/mol. The molecule has 0 spiro atoms. The Kier molecular flexibility index (Phi) is 11.3. The van der Waals surface area contributed by atoms with E-state index in [1.54, 1.807) is 47.4 Å². The third kappa shape index (κ3) is 7.47. The van der Waals surface area contributed by atoms with E-state index in [-0.39, 0.29) is 22.9 Å². The van der Waals surface area contributed by atoms with Crippen LogP contribution in [0.1, 0.15) is 133 Å². The number of amides is 2. The van der Waals surface area contributed by atoms with Crippen LogP contribution in [0.3, 0.4) is 0 Å². The summed E-state index contributed by atoms with van der Waals surface area (Å²) >= 11 is 6.09. The molecule has 73 heavy (non-hydrogen) atoms. The van der Waals surface area contributed by atoms with Gasteiger partial charge in [0.1, 0.15) is 34.5 Å².